The molecule has 2 amide bonds. The van der Waals surface area contributed by atoms with Crippen LogP contribution < -0.4 is 5.32 Å². The lowest BCUT2D eigenvalue weighted by Gasteiger charge is -2.19. The summed E-state index contributed by atoms with van der Waals surface area (Å²) in [6, 6.07) is 19.0. The molecule has 1 atom stereocenters. The molecule has 1 aliphatic heterocycles. The van der Waals surface area contributed by atoms with Crippen molar-refractivity contribution in [1.29, 1.82) is 0 Å². The van der Waals surface area contributed by atoms with Crippen molar-refractivity contribution >= 4 is 40.5 Å². The maximum Gasteiger partial charge on any atom is 0.243 e. The summed E-state index contributed by atoms with van der Waals surface area (Å²) < 4.78 is 0. The second-order valence-corrected chi connectivity index (χ2v) is 8.50. The second kappa shape index (κ2) is 9.90. The Morgan fingerprint density at radius 3 is 2.52 bits per heavy atom. The average molecular weight is 452 g/mol. The molecule has 1 unspecified atom stereocenters. The van der Waals surface area contributed by atoms with Gasteiger partial charge in [-0.2, -0.15) is 16.4 Å². The minimum absolute atomic E-state index is 0.111. The van der Waals surface area contributed by atoms with Crippen molar-refractivity contribution in [1.82, 2.24) is 10.3 Å². The maximum absolute atomic E-state index is 12.7. The molecule has 158 valence electrons. The largest absolute Gasteiger partial charge is 0.345 e. The van der Waals surface area contributed by atoms with Crippen LogP contribution in [0.1, 0.15) is 42.0 Å². The first-order valence-corrected chi connectivity index (χ1v) is 11.4. The fraction of sp³-hybridized carbons (Fsp3) is 0.208. The van der Waals surface area contributed by atoms with E-state index in [1.165, 1.54) is 5.01 Å². The maximum atomic E-state index is 12.7. The molecule has 0 bridgehead atoms. The van der Waals surface area contributed by atoms with E-state index in [2.05, 4.69) is 10.4 Å². The van der Waals surface area contributed by atoms with Crippen molar-refractivity contribution in [3.8, 4) is 0 Å². The topological polar surface area (TPSA) is 61.8 Å². The van der Waals surface area contributed by atoms with Gasteiger partial charge in [0, 0.05) is 24.3 Å². The highest BCUT2D eigenvalue weighted by Gasteiger charge is 2.23. The molecule has 0 fully saturated rings. The van der Waals surface area contributed by atoms with Crippen LogP contribution in [0.4, 0.5) is 0 Å². The van der Waals surface area contributed by atoms with Crippen LogP contribution >= 0.6 is 22.9 Å². The smallest absolute Gasteiger partial charge is 0.243 e. The van der Waals surface area contributed by atoms with Crippen LogP contribution in [0.3, 0.4) is 0 Å². The number of hydrazone groups is 1. The Labute approximate surface area is 190 Å². The molecule has 0 radical (unpaired) electrons. The Morgan fingerprint density at radius 1 is 1.03 bits per heavy atom. The Hall–Kier alpha value is -2.96. The Morgan fingerprint density at radius 2 is 1.81 bits per heavy atom. The summed E-state index contributed by atoms with van der Waals surface area (Å²) in [5.41, 5.74) is 3.87. The van der Waals surface area contributed by atoms with Crippen LogP contribution in [-0.2, 0) is 9.59 Å². The van der Waals surface area contributed by atoms with E-state index in [1.807, 2.05) is 71.4 Å². The van der Waals surface area contributed by atoms with Gasteiger partial charge in [-0.1, -0.05) is 54.1 Å². The van der Waals surface area contributed by atoms with Crippen LogP contribution in [0, 0.1) is 0 Å². The number of carbonyl (C=O) groups excluding carboxylic acids is 2. The highest BCUT2D eigenvalue weighted by atomic mass is 35.5. The molecule has 7 heteroatoms. The van der Waals surface area contributed by atoms with Crippen molar-refractivity contribution in [2.24, 2.45) is 5.10 Å². The van der Waals surface area contributed by atoms with Gasteiger partial charge in [-0.05, 0) is 45.6 Å². The summed E-state index contributed by atoms with van der Waals surface area (Å²) in [6.07, 6.45) is 0.951. The zero-order chi connectivity index (χ0) is 21.6. The van der Waals surface area contributed by atoms with Crippen LogP contribution in [0.5, 0.6) is 0 Å². The molecular formula is C24H22ClN3O2S. The highest BCUT2D eigenvalue weighted by Crippen LogP contribution is 2.25. The van der Waals surface area contributed by atoms with E-state index in [1.54, 1.807) is 11.3 Å². The van der Waals surface area contributed by atoms with Gasteiger partial charge in [-0.25, -0.2) is 5.01 Å². The number of nitrogens with zero attached hydrogens (tertiary/aromatic N) is 2. The highest BCUT2D eigenvalue weighted by molar-refractivity contribution is 7.08. The molecule has 0 saturated heterocycles. The summed E-state index contributed by atoms with van der Waals surface area (Å²) >= 11 is 7.58. The van der Waals surface area contributed by atoms with Crippen molar-refractivity contribution in [3.05, 3.63) is 93.1 Å². The van der Waals surface area contributed by atoms with Gasteiger partial charge >= 0.3 is 0 Å². The molecule has 2 aromatic carbocycles. The first kappa shape index (κ1) is 21.3. The van der Waals surface area contributed by atoms with Crippen LogP contribution in [0.25, 0.3) is 0 Å². The van der Waals surface area contributed by atoms with E-state index in [0.29, 0.717) is 11.6 Å². The third kappa shape index (κ3) is 5.40. The van der Waals surface area contributed by atoms with E-state index in [9.17, 15) is 9.59 Å². The van der Waals surface area contributed by atoms with Gasteiger partial charge in [0.05, 0.1) is 18.3 Å². The SMILES string of the molecule is O=C(CCC(=O)N1CCC(c2ccccc2)=N1)NC(c1ccc(Cl)cc1)c1ccsc1. The number of hydrogen-bond acceptors (Lipinski definition) is 4. The van der Waals surface area contributed by atoms with Crippen molar-refractivity contribution in [3.63, 3.8) is 0 Å². The molecule has 1 N–H and O–H groups in total. The minimum Gasteiger partial charge on any atom is -0.345 e. The summed E-state index contributed by atoms with van der Waals surface area (Å²) in [5.74, 6) is -0.314. The van der Waals surface area contributed by atoms with Crippen molar-refractivity contribution in [2.75, 3.05) is 6.54 Å². The van der Waals surface area contributed by atoms with Gasteiger partial charge in [-0.3, -0.25) is 9.59 Å². The number of nitrogens with one attached hydrogen (secondary N) is 1. The summed E-state index contributed by atoms with van der Waals surface area (Å²) in [6.45, 7) is 0.549. The summed E-state index contributed by atoms with van der Waals surface area (Å²) in [7, 11) is 0. The monoisotopic (exact) mass is 451 g/mol. The second-order valence-electron chi connectivity index (χ2n) is 7.29. The lowest BCUT2D eigenvalue weighted by molar-refractivity contribution is -0.133. The van der Waals surface area contributed by atoms with E-state index in [4.69, 9.17) is 11.6 Å². The summed E-state index contributed by atoms with van der Waals surface area (Å²) in [5, 5.41) is 13.6. The van der Waals surface area contributed by atoms with Crippen LogP contribution in [-0.4, -0.2) is 29.1 Å². The molecular weight excluding hydrogens is 430 g/mol. The quantitative estimate of drug-likeness (QED) is 0.548. The number of rotatable bonds is 7. The normalized spacial score (nSPS) is 14.2. The predicted molar refractivity (Wildman–Crippen MR) is 124 cm³/mol. The number of amides is 2. The number of carbonyl (C=O) groups is 2. The molecule has 4 rings (SSSR count). The first-order valence-electron chi connectivity index (χ1n) is 10.1. The summed E-state index contributed by atoms with van der Waals surface area (Å²) in [4.78, 5) is 25.2. The Balaban J connectivity index is 1.36. The average Bonchev–Trinajstić information content (AvgIpc) is 3.50. The van der Waals surface area contributed by atoms with E-state index >= 15 is 0 Å². The van der Waals surface area contributed by atoms with Gasteiger partial charge in [0.25, 0.3) is 0 Å². The van der Waals surface area contributed by atoms with Crippen molar-refractivity contribution < 1.29 is 9.59 Å². The van der Waals surface area contributed by atoms with Gasteiger partial charge in [0.2, 0.25) is 11.8 Å². The zero-order valence-electron chi connectivity index (χ0n) is 16.8. The standard InChI is InChI=1S/C24H22ClN3O2S/c25-20-8-6-18(7-9-20)24(19-13-15-31-16-19)26-22(29)10-11-23(30)28-14-12-21(27-28)17-4-2-1-3-5-17/h1-9,13,15-16,24H,10-12,14H2,(H,26,29). The molecule has 1 aromatic heterocycles. The molecule has 1 aliphatic rings. The lowest BCUT2D eigenvalue weighted by Crippen LogP contribution is -2.31. The minimum atomic E-state index is -0.277. The molecule has 3 aromatic rings. The molecule has 0 spiro atoms. The van der Waals surface area contributed by atoms with Gasteiger partial charge < -0.3 is 5.32 Å². The van der Waals surface area contributed by atoms with E-state index < -0.39 is 0 Å². The number of halogens is 1. The third-order valence-corrected chi connectivity index (χ3v) is 6.10. The number of hydrogen-bond donors (Lipinski definition) is 1. The molecule has 0 aliphatic carbocycles. The molecule has 2 heterocycles. The van der Waals surface area contributed by atoms with Gasteiger partial charge in [0.1, 0.15) is 0 Å². The van der Waals surface area contributed by atoms with E-state index in [0.717, 1.165) is 28.8 Å². The van der Waals surface area contributed by atoms with Crippen molar-refractivity contribution in [2.45, 2.75) is 25.3 Å². The number of thiophene rings is 1. The van der Waals surface area contributed by atoms with Gasteiger partial charge in [-0.15, -0.1) is 0 Å². The van der Waals surface area contributed by atoms with E-state index in [-0.39, 0.29) is 30.7 Å². The zero-order valence-corrected chi connectivity index (χ0v) is 18.4. The molecule has 31 heavy (non-hydrogen) atoms. The third-order valence-electron chi connectivity index (χ3n) is 5.15. The fourth-order valence-corrected chi connectivity index (χ4v) is 4.32. The van der Waals surface area contributed by atoms with Crippen LogP contribution in [0.15, 0.2) is 76.5 Å². The Kier molecular flexibility index (Phi) is 6.79. The number of benzene rings is 2. The fourth-order valence-electron chi connectivity index (χ4n) is 3.51. The molecule has 0 saturated carbocycles. The molecule has 5 nitrogen and oxygen atoms in total. The first-order chi connectivity index (χ1) is 15.1. The lowest BCUT2D eigenvalue weighted by atomic mass is 10.0. The Bertz CT molecular complexity index is 1070. The predicted octanol–water partition coefficient (Wildman–Crippen LogP) is 5.02. The van der Waals surface area contributed by atoms with Gasteiger partial charge in [0.15, 0.2) is 0 Å². The van der Waals surface area contributed by atoms with Crippen LogP contribution in [0.2, 0.25) is 5.02 Å².